The summed E-state index contributed by atoms with van der Waals surface area (Å²) in [4.78, 5) is 28.9. The van der Waals surface area contributed by atoms with Gasteiger partial charge in [0.2, 0.25) is 11.8 Å². The van der Waals surface area contributed by atoms with Gasteiger partial charge in [0.15, 0.2) is 0 Å². The molecule has 0 saturated carbocycles. The molecule has 2 saturated heterocycles. The first-order chi connectivity index (χ1) is 11.0. The average molecular weight is 351 g/mol. The van der Waals surface area contributed by atoms with E-state index in [4.69, 9.17) is 0 Å². The first-order valence-electron chi connectivity index (χ1n) is 7.92. The van der Waals surface area contributed by atoms with E-state index >= 15 is 0 Å². The molecule has 0 N–H and O–H groups in total. The van der Waals surface area contributed by atoms with Crippen LogP contribution in [0, 0.1) is 0 Å². The highest BCUT2D eigenvalue weighted by Crippen LogP contribution is 2.44. The number of carbonyl (C=O) groups is 2. The summed E-state index contributed by atoms with van der Waals surface area (Å²) in [6, 6.07) is 9.70. The lowest BCUT2D eigenvalue weighted by atomic mass is 10.1. The van der Waals surface area contributed by atoms with Crippen molar-refractivity contribution in [2.75, 3.05) is 23.8 Å². The van der Waals surface area contributed by atoms with Crippen LogP contribution in [0.15, 0.2) is 30.3 Å². The van der Waals surface area contributed by atoms with Crippen molar-refractivity contribution in [3.63, 3.8) is 0 Å². The number of nitrogens with zero attached hydrogens (tertiary/aromatic N) is 2. The first-order valence-corrected chi connectivity index (χ1v) is 10.1. The SMILES string of the molecule is CCN(Cc1ccccc1)C(=O)[C@H]1CS[C@]2(C)CSCC(=O)N12. The Morgan fingerprint density at radius 1 is 1.39 bits per heavy atom. The molecule has 23 heavy (non-hydrogen) atoms. The van der Waals surface area contributed by atoms with Crippen molar-refractivity contribution in [3.8, 4) is 0 Å². The minimum absolute atomic E-state index is 0.0767. The second kappa shape index (κ2) is 6.77. The lowest BCUT2D eigenvalue weighted by Crippen LogP contribution is -2.57. The van der Waals surface area contributed by atoms with Crippen LogP contribution >= 0.6 is 23.5 Å². The zero-order chi connectivity index (χ0) is 16.4. The van der Waals surface area contributed by atoms with Crippen LogP contribution in [0.3, 0.4) is 0 Å². The summed E-state index contributed by atoms with van der Waals surface area (Å²) >= 11 is 3.41. The summed E-state index contributed by atoms with van der Waals surface area (Å²) < 4.78 is 0. The van der Waals surface area contributed by atoms with Gasteiger partial charge in [-0.05, 0) is 19.4 Å². The third-order valence-electron chi connectivity index (χ3n) is 4.43. The van der Waals surface area contributed by atoms with Gasteiger partial charge in [0.1, 0.15) is 6.04 Å². The molecule has 0 aliphatic carbocycles. The van der Waals surface area contributed by atoms with Crippen LogP contribution in [0.1, 0.15) is 19.4 Å². The van der Waals surface area contributed by atoms with Crippen molar-refractivity contribution >= 4 is 35.3 Å². The van der Waals surface area contributed by atoms with Gasteiger partial charge in [0.25, 0.3) is 0 Å². The van der Waals surface area contributed by atoms with Crippen molar-refractivity contribution < 1.29 is 9.59 Å². The number of thioether (sulfide) groups is 2. The highest BCUT2D eigenvalue weighted by Gasteiger charge is 2.51. The minimum Gasteiger partial charge on any atom is -0.337 e. The summed E-state index contributed by atoms with van der Waals surface area (Å²) in [5.74, 6) is 2.27. The molecule has 0 unspecified atom stereocenters. The molecule has 124 valence electrons. The molecule has 2 aliphatic rings. The van der Waals surface area contributed by atoms with E-state index in [9.17, 15) is 9.59 Å². The fourth-order valence-corrected chi connectivity index (χ4v) is 5.91. The van der Waals surface area contributed by atoms with Gasteiger partial charge >= 0.3 is 0 Å². The number of hydrogen-bond acceptors (Lipinski definition) is 4. The van der Waals surface area contributed by atoms with Crippen molar-refractivity contribution in [1.29, 1.82) is 0 Å². The second-order valence-corrected chi connectivity index (χ2v) is 8.58. The number of amides is 2. The Balaban J connectivity index is 1.77. The normalized spacial score (nSPS) is 27.0. The molecule has 4 nitrogen and oxygen atoms in total. The average Bonchev–Trinajstić information content (AvgIpc) is 2.92. The third-order valence-corrected chi connectivity index (χ3v) is 7.28. The van der Waals surface area contributed by atoms with Gasteiger partial charge in [-0.15, -0.1) is 23.5 Å². The van der Waals surface area contributed by atoms with Gasteiger partial charge in [0, 0.05) is 24.6 Å². The maximum absolute atomic E-state index is 13.0. The largest absolute Gasteiger partial charge is 0.337 e. The maximum atomic E-state index is 13.0. The van der Waals surface area contributed by atoms with Crippen LogP contribution < -0.4 is 0 Å². The Hall–Kier alpha value is -1.14. The van der Waals surface area contributed by atoms with Crippen molar-refractivity contribution in [3.05, 3.63) is 35.9 Å². The Morgan fingerprint density at radius 2 is 2.13 bits per heavy atom. The summed E-state index contributed by atoms with van der Waals surface area (Å²) in [6.45, 7) is 5.34. The van der Waals surface area contributed by atoms with Crippen LogP contribution in [0.2, 0.25) is 0 Å². The fourth-order valence-electron chi connectivity index (χ4n) is 3.22. The Labute approximate surface area is 146 Å². The van der Waals surface area contributed by atoms with E-state index in [2.05, 4.69) is 6.92 Å². The molecule has 6 heteroatoms. The molecule has 2 aliphatic heterocycles. The van der Waals surface area contributed by atoms with E-state index in [-0.39, 0.29) is 22.7 Å². The predicted octanol–water partition coefficient (Wildman–Crippen LogP) is 2.44. The minimum atomic E-state index is -0.318. The number of rotatable bonds is 4. The molecule has 2 amide bonds. The van der Waals surface area contributed by atoms with Gasteiger partial charge in [-0.3, -0.25) is 9.59 Å². The van der Waals surface area contributed by atoms with E-state index in [1.165, 1.54) is 0 Å². The van der Waals surface area contributed by atoms with Crippen molar-refractivity contribution in [1.82, 2.24) is 9.80 Å². The Morgan fingerprint density at radius 3 is 2.83 bits per heavy atom. The Bertz CT molecular complexity index is 596. The van der Waals surface area contributed by atoms with Gasteiger partial charge in [-0.25, -0.2) is 0 Å². The lowest BCUT2D eigenvalue weighted by molar-refractivity contribution is -0.145. The number of carbonyl (C=O) groups excluding carboxylic acids is 2. The highest BCUT2D eigenvalue weighted by atomic mass is 32.2. The van der Waals surface area contributed by atoms with Crippen LogP contribution in [-0.4, -0.2) is 56.3 Å². The second-order valence-electron chi connectivity index (χ2n) is 6.10. The molecule has 2 atom stereocenters. The molecule has 3 rings (SSSR count). The number of fused-ring (bicyclic) bond motifs is 1. The lowest BCUT2D eigenvalue weighted by Gasteiger charge is -2.41. The molecule has 1 aromatic rings. The fraction of sp³-hybridized carbons (Fsp3) is 0.529. The van der Waals surface area contributed by atoms with Gasteiger partial charge in [0.05, 0.1) is 10.6 Å². The topological polar surface area (TPSA) is 40.6 Å². The standard InChI is InChI=1S/C17H22N2O2S2/c1-3-18(9-13-7-5-4-6-8-13)16(21)14-10-23-17(2)12-22-11-15(20)19(14)17/h4-8,14H,3,9-12H2,1-2H3/t14-,17-/m1/s1. The van der Waals surface area contributed by atoms with Crippen LogP contribution in [0.4, 0.5) is 0 Å². The number of benzene rings is 1. The van der Waals surface area contributed by atoms with Crippen LogP contribution in [0.25, 0.3) is 0 Å². The predicted molar refractivity (Wildman–Crippen MR) is 96.4 cm³/mol. The van der Waals surface area contributed by atoms with E-state index < -0.39 is 0 Å². The molecular weight excluding hydrogens is 328 g/mol. The quantitative estimate of drug-likeness (QED) is 0.836. The Kier molecular flexibility index (Phi) is 4.92. The van der Waals surface area contributed by atoms with Gasteiger partial charge in [-0.2, -0.15) is 0 Å². The molecule has 2 fully saturated rings. The van der Waals surface area contributed by atoms with Crippen LogP contribution in [-0.2, 0) is 16.1 Å². The summed E-state index contributed by atoms with van der Waals surface area (Å²) in [5, 5.41) is 0. The van der Waals surface area contributed by atoms with Gasteiger partial charge in [-0.1, -0.05) is 30.3 Å². The molecule has 0 aromatic heterocycles. The highest BCUT2D eigenvalue weighted by molar-refractivity contribution is 8.04. The summed E-state index contributed by atoms with van der Waals surface area (Å²) in [6.07, 6.45) is 0. The number of hydrogen-bond donors (Lipinski definition) is 0. The van der Waals surface area contributed by atoms with E-state index in [0.717, 1.165) is 11.3 Å². The van der Waals surface area contributed by atoms with Crippen LogP contribution in [0.5, 0.6) is 0 Å². The van der Waals surface area contributed by atoms with Crippen molar-refractivity contribution in [2.45, 2.75) is 31.3 Å². The summed E-state index contributed by atoms with van der Waals surface area (Å²) in [7, 11) is 0. The third kappa shape index (κ3) is 3.24. The van der Waals surface area contributed by atoms with Crippen molar-refractivity contribution in [2.24, 2.45) is 0 Å². The number of likely N-dealkylation sites (N-methyl/N-ethyl adjacent to an activating group) is 1. The summed E-state index contributed by atoms with van der Waals surface area (Å²) in [5.41, 5.74) is 1.12. The first kappa shape index (κ1) is 16.7. The maximum Gasteiger partial charge on any atom is 0.246 e. The van der Waals surface area contributed by atoms with E-state index in [0.29, 0.717) is 24.6 Å². The molecular formula is C17H22N2O2S2. The van der Waals surface area contributed by atoms with Gasteiger partial charge < -0.3 is 9.80 Å². The van der Waals surface area contributed by atoms with E-state index in [1.54, 1.807) is 23.5 Å². The van der Waals surface area contributed by atoms with E-state index in [1.807, 2.05) is 47.1 Å². The smallest absolute Gasteiger partial charge is 0.246 e. The molecule has 0 spiro atoms. The molecule has 0 bridgehead atoms. The zero-order valence-corrected chi connectivity index (χ0v) is 15.2. The monoisotopic (exact) mass is 350 g/mol. The zero-order valence-electron chi connectivity index (χ0n) is 13.5. The molecule has 2 heterocycles. The molecule has 0 radical (unpaired) electrons. The molecule has 1 aromatic carbocycles.